The number of nitrogens with two attached hydrogens (primary N) is 1. The fraction of sp³-hybridized carbons (Fsp3) is 0.125. The summed E-state index contributed by atoms with van der Waals surface area (Å²) in [4.78, 5) is 16.0. The first-order valence-corrected chi connectivity index (χ1v) is 6.71. The molecule has 22 heavy (non-hydrogen) atoms. The summed E-state index contributed by atoms with van der Waals surface area (Å²) in [5.74, 6) is 0.951. The zero-order valence-corrected chi connectivity index (χ0v) is 12.0. The van der Waals surface area contributed by atoms with Gasteiger partial charge in [-0.3, -0.25) is 0 Å². The Morgan fingerprint density at radius 2 is 2.18 bits per heavy atom. The number of methoxy groups -OCH3 is 1. The van der Waals surface area contributed by atoms with Gasteiger partial charge in [-0.05, 0) is 36.4 Å². The molecule has 0 atom stereocenters. The van der Waals surface area contributed by atoms with Crippen LogP contribution in [0.5, 0.6) is 5.75 Å². The van der Waals surface area contributed by atoms with E-state index in [1.807, 2.05) is 6.07 Å². The van der Waals surface area contributed by atoms with Crippen LogP contribution < -0.4 is 15.8 Å². The molecule has 112 valence electrons. The van der Waals surface area contributed by atoms with E-state index in [-0.39, 0.29) is 5.97 Å². The molecule has 0 spiro atoms. The van der Waals surface area contributed by atoms with Gasteiger partial charge in [-0.25, -0.2) is 9.79 Å². The molecule has 1 aliphatic rings. The van der Waals surface area contributed by atoms with Crippen LogP contribution in [-0.2, 0) is 4.74 Å². The van der Waals surface area contributed by atoms with Gasteiger partial charge in [0.05, 0.1) is 12.7 Å². The molecule has 6 heteroatoms. The summed E-state index contributed by atoms with van der Waals surface area (Å²) >= 11 is 0. The van der Waals surface area contributed by atoms with Crippen LogP contribution in [0.3, 0.4) is 0 Å². The second-order valence-corrected chi connectivity index (χ2v) is 4.77. The van der Waals surface area contributed by atoms with E-state index in [1.165, 1.54) is 7.11 Å². The van der Waals surface area contributed by atoms with E-state index in [0.29, 0.717) is 35.1 Å². The standard InChI is InChI=1S/C16H15N3O3/c1-21-16(20)10-3-2-4-12(7-10)18-15-9-22-14-6-5-11(17)8-13(14)19-15/h2-8H,9,17H2,1H3,(H,18,19). The minimum Gasteiger partial charge on any atom is -0.483 e. The molecule has 0 saturated carbocycles. The molecular weight excluding hydrogens is 282 g/mol. The van der Waals surface area contributed by atoms with Crippen molar-refractivity contribution in [3.63, 3.8) is 0 Å². The van der Waals surface area contributed by atoms with E-state index in [1.54, 1.807) is 36.4 Å². The Kier molecular flexibility index (Phi) is 3.65. The van der Waals surface area contributed by atoms with E-state index < -0.39 is 0 Å². The molecule has 2 aromatic rings. The van der Waals surface area contributed by atoms with E-state index in [4.69, 9.17) is 15.2 Å². The highest BCUT2D eigenvalue weighted by Gasteiger charge is 2.14. The third kappa shape index (κ3) is 2.85. The number of hydrogen-bond donors (Lipinski definition) is 2. The third-order valence-corrected chi connectivity index (χ3v) is 3.18. The first-order valence-electron chi connectivity index (χ1n) is 6.71. The van der Waals surface area contributed by atoms with E-state index in [0.717, 1.165) is 5.69 Å². The van der Waals surface area contributed by atoms with Crippen molar-refractivity contribution in [3.05, 3.63) is 48.0 Å². The first-order chi connectivity index (χ1) is 10.7. The van der Waals surface area contributed by atoms with Gasteiger partial charge in [-0.2, -0.15) is 0 Å². The molecule has 0 amide bonds. The summed E-state index contributed by atoms with van der Waals surface area (Å²) in [6.07, 6.45) is 0. The Morgan fingerprint density at radius 1 is 1.32 bits per heavy atom. The summed E-state index contributed by atoms with van der Waals surface area (Å²) in [5.41, 5.74) is 8.26. The Hall–Kier alpha value is -3.02. The number of aliphatic imine (C=N–C) groups is 1. The molecule has 0 fully saturated rings. The van der Waals surface area contributed by atoms with Crippen molar-refractivity contribution in [3.8, 4) is 5.75 Å². The van der Waals surface area contributed by atoms with Gasteiger partial charge in [0.25, 0.3) is 0 Å². The van der Waals surface area contributed by atoms with Crippen LogP contribution in [0.15, 0.2) is 47.5 Å². The molecule has 6 nitrogen and oxygen atoms in total. The number of benzene rings is 2. The molecule has 1 heterocycles. The van der Waals surface area contributed by atoms with Gasteiger partial charge < -0.3 is 20.5 Å². The Morgan fingerprint density at radius 3 is 3.00 bits per heavy atom. The van der Waals surface area contributed by atoms with Crippen molar-refractivity contribution >= 4 is 28.9 Å². The Bertz CT molecular complexity index is 756. The number of ether oxygens (including phenoxy) is 2. The lowest BCUT2D eigenvalue weighted by atomic mass is 10.2. The number of carbonyl (C=O) groups excluding carboxylic acids is 1. The van der Waals surface area contributed by atoms with Crippen molar-refractivity contribution in [2.75, 3.05) is 24.8 Å². The van der Waals surface area contributed by atoms with Crippen molar-refractivity contribution in [1.82, 2.24) is 0 Å². The van der Waals surface area contributed by atoms with Crippen molar-refractivity contribution < 1.29 is 14.3 Å². The monoisotopic (exact) mass is 297 g/mol. The number of hydrogen-bond acceptors (Lipinski definition) is 6. The van der Waals surface area contributed by atoms with Crippen LogP contribution in [0.1, 0.15) is 10.4 Å². The summed E-state index contributed by atoms with van der Waals surface area (Å²) < 4.78 is 10.3. The number of fused-ring (bicyclic) bond motifs is 1. The van der Waals surface area contributed by atoms with Gasteiger partial charge >= 0.3 is 5.97 Å². The molecule has 3 rings (SSSR count). The number of nitrogen functional groups attached to an aromatic ring is 1. The van der Waals surface area contributed by atoms with Crippen molar-refractivity contribution in [1.29, 1.82) is 0 Å². The normalized spacial score (nSPS) is 12.7. The quantitative estimate of drug-likeness (QED) is 0.657. The molecular formula is C16H15N3O3. The van der Waals surface area contributed by atoms with E-state index in [9.17, 15) is 4.79 Å². The molecule has 0 saturated heterocycles. The van der Waals surface area contributed by atoms with Gasteiger partial charge in [0.15, 0.2) is 0 Å². The van der Waals surface area contributed by atoms with Crippen molar-refractivity contribution in [2.24, 2.45) is 4.99 Å². The molecule has 1 aliphatic heterocycles. The number of anilines is 2. The molecule has 0 bridgehead atoms. The average Bonchev–Trinajstić information content (AvgIpc) is 2.54. The second-order valence-electron chi connectivity index (χ2n) is 4.77. The van der Waals surface area contributed by atoms with Crippen LogP contribution in [0.25, 0.3) is 0 Å². The smallest absolute Gasteiger partial charge is 0.337 e. The van der Waals surface area contributed by atoms with Gasteiger partial charge in [0.1, 0.15) is 23.9 Å². The highest BCUT2D eigenvalue weighted by atomic mass is 16.5. The second kappa shape index (κ2) is 5.77. The predicted molar refractivity (Wildman–Crippen MR) is 84.8 cm³/mol. The van der Waals surface area contributed by atoms with Crippen LogP contribution in [0, 0.1) is 0 Å². The Labute approximate surface area is 127 Å². The predicted octanol–water partition coefficient (Wildman–Crippen LogP) is 2.59. The molecule has 0 aromatic heterocycles. The number of nitrogens with one attached hydrogen (secondary N) is 1. The highest BCUT2D eigenvalue weighted by molar-refractivity contribution is 6.00. The van der Waals surface area contributed by atoms with Gasteiger partial charge in [0, 0.05) is 11.4 Å². The summed E-state index contributed by atoms with van der Waals surface area (Å²) in [6, 6.07) is 12.3. The topological polar surface area (TPSA) is 85.9 Å². The number of carbonyl (C=O) groups is 1. The highest BCUT2D eigenvalue weighted by Crippen LogP contribution is 2.32. The summed E-state index contributed by atoms with van der Waals surface area (Å²) in [6.45, 7) is 0.319. The maximum atomic E-state index is 11.5. The van der Waals surface area contributed by atoms with Crippen LogP contribution in [0.4, 0.5) is 17.1 Å². The average molecular weight is 297 g/mol. The SMILES string of the molecule is COC(=O)c1cccc(NC2=Nc3cc(N)ccc3OC2)c1. The van der Waals surface area contributed by atoms with E-state index in [2.05, 4.69) is 10.3 Å². The zero-order valence-electron chi connectivity index (χ0n) is 12.0. The number of amidine groups is 1. The van der Waals surface area contributed by atoms with E-state index >= 15 is 0 Å². The number of esters is 1. The minimum absolute atomic E-state index is 0.319. The fourth-order valence-electron chi connectivity index (χ4n) is 2.14. The summed E-state index contributed by atoms with van der Waals surface area (Å²) in [5, 5.41) is 3.14. The largest absolute Gasteiger partial charge is 0.483 e. The maximum absolute atomic E-state index is 11.5. The van der Waals surface area contributed by atoms with Gasteiger partial charge in [-0.15, -0.1) is 0 Å². The lowest BCUT2D eigenvalue weighted by Gasteiger charge is -2.18. The first kappa shape index (κ1) is 13.9. The number of nitrogens with zero attached hydrogens (tertiary/aromatic N) is 1. The zero-order chi connectivity index (χ0) is 15.5. The van der Waals surface area contributed by atoms with Crippen LogP contribution in [-0.4, -0.2) is 25.5 Å². The molecule has 2 aromatic carbocycles. The van der Waals surface area contributed by atoms with Gasteiger partial charge in [-0.1, -0.05) is 6.07 Å². The lowest BCUT2D eigenvalue weighted by Crippen LogP contribution is -2.23. The molecule has 0 unspecified atom stereocenters. The van der Waals surface area contributed by atoms with Gasteiger partial charge in [0.2, 0.25) is 0 Å². The maximum Gasteiger partial charge on any atom is 0.337 e. The Balaban J connectivity index is 1.83. The summed E-state index contributed by atoms with van der Waals surface area (Å²) in [7, 11) is 1.35. The molecule has 3 N–H and O–H groups in total. The third-order valence-electron chi connectivity index (χ3n) is 3.18. The number of rotatable bonds is 2. The van der Waals surface area contributed by atoms with Crippen molar-refractivity contribution in [2.45, 2.75) is 0 Å². The lowest BCUT2D eigenvalue weighted by molar-refractivity contribution is 0.0601. The minimum atomic E-state index is -0.386. The van der Waals surface area contributed by atoms with Crippen LogP contribution in [0.2, 0.25) is 0 Å². The molecule has 0 aliphatic carbocycles. The fourth-order valence-corrected chi connectivity index (χ4v) is 2.14. The van der Waals surface area contributed by atoms with Crippen LogP contribution >= 0.6 is 0 Å². The molecule has 0 radical (unpaired) electrons.